The Morgan fingerprint density at radius 1 is 1.50 bits per heavy atom. The molecule has 2 heteroatoms. The summed E-state index contributed by atoms with van der Waals surface area (Å²) >= 11 is 0. The standard InChI is InChI=1S/C12H21NO/c1-13-11(12-7-4-8-14-12)9-10-5-2-3-6-10/h7,10-11,13H,2-6,8-9H2,1H3. The SMILES string of the molecule is CNC(CC1CCCC1)C1=CCCO1. The average Bonchev–Trinajstić information content (AvgIpc) is 2.86. The van der Waals surface area contributed by atoms with Crippen LogP contribution in [0.15, 0.2) is 11.8 Å². The average molecular weight is 195 g/mol. The van der Waals surface area contributed by atoms with E-state index in [0.717, 1.165) is 18.9 Å². The molecule has 1 atom stereocenters. The molecular weight excluding hydrogens is 174 g/mol. The molecule has 0 aromatic carbocycles. The fourth-order valence-electron chi connectivity index (χ4n) is 2.64. The van der Waals surface area contributed by atoms with E-state index in [9.17, 15) is 0 Å². The zero-order chi connectivity index (χ0) is 9.80. The number of hydrogen-bond acceptors (Lipinski definition) is 2. The predicted octanol–water partition coefficient (Wildman–Crippen LogP) is 2.46. The molecule has 1 fully saturated rings. The van der Waals surface area contributed by atoms with E-state index in [2.05, 4.69) is 11.4 Å². The van der Waals surface area contributed by atoms with Gasteiger partial charge in [-0.3, -0.25) is 0 Å². The van der Waals surface area contributed by atoms with Gasteiger partial charge in [-0.25, -0.2) is 0 Å². The zero-order valence-electron chi connectivity index (χ0n) is 9.09. The maximum atomic E-state index is 5.61. The summed E-state index contributed by atoms with van der Waals surface area (Å²) in [5.41, 5.74) is 0. The monoisotopic (exact) mass is 195 g/mol. The topological polar surface area (TPSA) is 21.3 Å². The molecule has 0 aromatic rings. The maximum Gasteiger partial charge on any atom is 0.109 e. The Morgan fingerprint density at radius 2 is 2.29 bits per heavy atom. The van der Waals surface area contributed by atoms with Crippen LogP contribution in [0.3, 0.4) is 0 Å². The Hall–Kier alpha value is -0.500. The normalized spacial score (nSPS) is 24.8. The predicted molar refractivity (Wildman–Crippen MR) is 58.1 cm³/mol. The summed E-state index contributed by atoms with van der Waals surface area (Å²) in [7, 11) is 2.04. The van der Waals surface area contributed by atoms with Gasteiger partial charge in [0, 0.05) is 6.42 Å². The lowest BCUT2D eigenvalue weighted by Crippen LogP contribution is -2.29. The number of hydrogen-bond donors (Lipinski definition) is 1. The van der Waals surface area contributed by atoms with Crippen LogP contribution in [0, 0.1) is 5.92 Å². The summed E-state index contributed by atoms with van der Waals surface area (Å²) in [4.78, 5) is 0. The van der Waals surface area contributed by atoms with Gasteiger partial charge in [0.25, 0.3) is 0 Å². The second kappa shape index (κ2) is 4.83. The summed E-state index contributed by atoms with van der Waals surface area (Å²) in [6.07, 6.45) is 10.3. The van der Waals surface area contributed by atoms with Crippen LogP contribution in [0.4, 0.5) is 0 Å². The molecule has 1 N–H and O–H groups in total. The van der Waals surface area contributed by atoms with Gasteiger partial charge < -0.3 is 10.1 Å². The third-order valence-corrected chi connectivity index (χ3v) is 3.47. The molecule has 0 amide bonds. The van der Waals surface area contributed by atoms with Crippen LogP contribution in [-0.2, 0) is 4.74 Å². The highest BCUT2D eigenvalue weighted by Crippen LogP contribution is 2.30. The third-order valence-electron chi connectivity index (χ3n) is 3.47. The van der Waals surface area contributed by atoms with E-state index in [1.165, 1.54) is 37.9 Å². The zero-order valence-corrected chi connectivity index (χ0v) is 9.09. The molecule has 0 spiro atoms. The molecule has 1 heterocycles. The molecule has 1 aliphatic heterocycles. The van der Waals surface area contributed by atoms with Gasteiger partial charge in [0.05, 0.1) is 12.6 Å². The summed E-state index contributed by atoms with van der Waals surface area (Å²) in [6, 6.07) is 0.473. The van der Waals surface area contributed by atoms with Crippen LogP contribution in [0.25, 0.3) is 0 Å². The fourth-order valence-corrected chi connectivity index (χ4v) is 2.64. The van der Waals surface area contributed by atoms with E-state index in [1.54, 1.807) is 0 Å². The van der Waals surface area contributed by atoms with Gasteiger partial charge in [0.15, 0.2) is 0 Å². The molecule has 0 saturated heterocycles. The number of nitrogens with one attached hydrogen (secondary N) is 1. The highest BCUT2D eigenvalue weighted by Gasteiger charge is 2.23. The summed E-state index contributed by atoms with van der Waals surface area (Å²) in [5.74, 6) is 2.12. The summed E-state index contributed by atoms with van der Waals surface area (Å²) < 4.78 is 5.61. The van der Waals surface area contributed by atoms with E-state index >= 15 is 0 Å². The number of ether oxygens (including phenoxy) is 1. The van der Waals surface area contributed by atoms with E-state index < -0.39 is 0 Å². The van der Waals surface area contributed by atoms with Crippen molar-refractivity contribution < 1.29 is 4.74 Å². The van der Waals surface area contributed by atoms with Crippen molar-refractivity contribution in [1.29, 1.82) is 0 Å². The Balaban J connectivity index is 1.85. The van der Waals surface area contributed by atoms with Crippen LogP contribution in [0.1, 0.15) is 38.5 Å². The Bertz CT molecular complexity index is 206. The van der Waals surface area contributed by atoms with Crippen LogP contribution in [0.2, 0.25) is 0 Å². The first kappa shape index (κ1) is 10.0. The number of rotatable bonds is 4. The van der Waals surface area contributed by atoms with E-state index in [1.807, 2.05) is 7.05 Å². The molecule has 2 nitrogen and oxygen atoms in total. The molecule has 2 rings (SSSR count). The van der Waals surface area contributed by atoms with Gasteiger partial charge in [0.2, 0.25) is 0 Å². The molecule has 0 bridgehead atoms. The highest BCUT2D eigenvalue weighted by atomic mass is 16.5. The lowest BCUT2D eigenvalue weighted by molar-refractivity contribution is 0.207. The van der Waals surface area contributed by atoms with Gasteiger partial charge in [-0.2, -0.15) is 0 Å². The first-order valence-corrected chi connectivity index (χ1v) is 5.90. The molecule has 1 aliphatic carbocycles. The molecule has 0 aromatic heterocycles. The van der Waals surface area contributed by atoms with Crippen molar-refractivity contribution in [3.05, 3.63) is 11.8 Å². The van der Waals surface area contributed by atoms with Crippen molar-refractivity contribution in [3.8, 4) is 0 Å². The Labute approximate surface area is 86.7 Å². The van der Waals surface area contributed by atoms with Crippen molar-refractivity contribution in [2.75, 3.05) is 13.7 Å². The van der Waals surface area contributed by atoms with Crippen molar-refractivity contribution in [1.82, 2.24) is 5.32 Å². The fraction of sp³-hybridized carbons (Fsp3) is 0.833. The third kappa shape index (κ3) is 2.30. The molecule has 0 radical (unpaired) electrons. The molecule has 14 heavy (non-hydrogen) atoms. The van der Waals surface area contributed by atoms with Crippen molar-refractivity contribution in [3.63, 3.8) is 0 Å². The summed E-state index contributed by atoms with van der Waals surface area (Å²) in [6.45, 7) is 0.887. The summed E-state index contributed by atoms with van der Waals surface area (Å²) in [5, 5.41) is 3.38. The van der Waals surface area contributed by atoms with Crippen LogP contribution >= 0.6 is 0 Å². The van der Waals surface area contributed by atoms with E-state index in [0.29, 0.717) is 6.04 Å². The first-order chi connectivity index (χ1) is 6.90. The molecule has 2 aliphatic rings. The highest BCUT2D eigenvalue weighted by molar-refractivity contribution is 5.07. The largest absolute Gasteiger partial charge is 0.496 e. The van der Waals surface area contributed by atoms with Crippen molar-refractivity contribution in [2.45, 2.75) is 44.6 Å². The molecule has 1 unspecified atom stereocenters. The molecule has 80 valence electrons. The lowest BCUT2D eigenvalue weighted by Gasteiger charge is -2.20. The quantitative estimate of drug-likeness (QED) is 0.744. The minimum absolute atomic E-state index is 0.473. The van der Waals surface area contributed by atoms with Gasteiger partial charge in [-0.05, 0) is 25.5 Å². The van der Waals surface area contributed by atoms with Gasteiger partial charge >= 0.3 is 0 Å². The number of likely N-dealkylation sites (N-methyl/N-ethyl adjacent to an activating group) is 1. The van der Waals surface area contributed by atoms with Gasteiger partial charge in [-0.1, -0.05) is 25.7 Å². The minimum atomic E-state index is 0.473. The maximum absolute atomic E-state index is 5.61. The van der Waals surface area contributed by atoms with Crippen molar-refractivity contribution >= 4 is 0 Å². The van der Waals surface area contributed by atoms with E-state index in [-0.39, 0.29) is 0 Å². The second-order valence-corrected chi connectivity index (χ2v) is 4.47. The van der Waals surface area contributed by atoms with Crippen LogP contribution < -0.4 is 5.32 Å². The lowest BCUT2D eigenvalue weighted by atomic mass is 9.97. The van der Waals surface area contributed by atoms with Gasteiger partial charge in [-0.15, -0.1) is 0 Å². The minimum Gasteiger partial charge on any atom is -0.496 e. The van der Waals surface area contributed by atoms with Crippen LogP contribution in [-0.4, -0.2) is 19.7 Å². The molecular formula is C12H21NO. The first-order valence-electron chi connectivity index (χ1n) is 5.90. The smallest absolute Gasteiger partial charge is 0.109 e. The molecule has 1 saturated carbocycles. The Kier molecular flexibility index (Phi) is 3.46. The van der Waals surface area contributed by atoms with Crippen molar-refractivity contribution in [2.24, 2.45) is 5.92 Å². The Morgan fingerprint density at radius 3 is 2.86 bits per heavy atom. The van der Waals surface area contributed by atoms with Crippen LogP contribution in [0.5, 0.6) is 0 Å². The van der Waals surface area contributed by atoms with Gasteiger partial charge in [0.1, 0.15) is 5.76 Å². The second-order valence-electron chi connectivity index (χ2n) is 4.47. The van der Waals surface area contributed by atoms with E-state index in [4.69, 9.17) is 4.74 Å².